The fraction of sp³-hybridized carbons (Fsp3) is 0.323. The van der Waals surface area contributed by atoms with Gasteiger partial charge >= 0.3 is 65.7 Å². The highest BCUT2D eigenvalue weighted by atomic mass is 16.5. The van der Waals surface area contributed by atoms with Gasteiger partial charge in [0.15, 0.2) is 72.0 Å². The van der Waals surface area contributed by atoms with E-state index in [1.165, 1.54) is 60.7 Å². The number of guanidine groups is 1. The van der Waals surface area contributed by atoms with Gasteiger partial charge in [-0.2, -0.15) is 0 Å². The Morgan fingerprint density at radius 2 is 0.469 bits per heavy atom. The lowest BCUT2D eigenvalue weighted by Crippen LogP contribution is -2.30. The van der Waals surface area contributed by atoms with Crippen LogP contribution in [0.3, 0.4) is 0 Å². The Kier molecular flexibility index (Phi) is 28.6. The van der Waals surface area contributed by atoms with E-state index in [2.05, 4.69) is 4.99 Å². The monoisotopic (exact) mass is 1380 g/mol. The third-order valence-electron chi connectivity index (χ3n) is 13.2. The summed E-state index contributed by atoms with van der Waals surface area (Å²) in [5.41, 5.74) is 15.4. The van der Waals surface area contributed by atoms with Crippen molar-refractivity contribution in [3.63, 3.8) is 0 Å². The topological polar surface area (TPSA) is 593 Å². The van der Waals surface area contributed by atoms with Crippen LogP contribution in [0.2, 0.25) is 0 Å². The molecule has 0 saturated heterocycles. The maximum absolute atomic E-state index is 12.1. The summed E-state index contributed by atoms with van der Waals surface area (Å²) < 4.78 is 57.5. The molecule has 0 aromatic heterocycles. The predicted octanol–water partition coefficient (Wildman–Crippen LogP) is 1.23. The lowest BCUT2D eigenvalue weighted by atomic mass is 9.93. The number of aliphatic imine (C=N–C) groups is 1. The van der Waals surface area contributed by atoms with Crippen LogP contribution in [0.15, 0.2) is 65.7 Å². The number of carboxylic acids is 11. The highest BCUT2D eigenvalue weighted by molar-refractivity contribution is 5.76. The lowest BCUT2D eigenvalue weighted by Gasteiger charge is -2.22. The van der Waals surface area contributed by atoms with E-state index >= 15 is 0 Å². The van der Waals surface area contributed by atoms with Crippen LogP contribution in [0.25, 0.3) is 0 Å². The van der Waals surface area contributed by atoms with Gasteiger partial charge < -0.3 is 121 Å². The Hall–Kier alpha value is -12.5. The molecule has 11 aliphatic rings. The average molecular weight is 1380 g/mol. The molecule has 36 nitrogen and oxygen atoms in total. The molecule has 36 heteroatoms. The first kappa shape index (κ1) is 76.2. The van der Waals surface area contributed by atoms with Crippen molar-refractivity contribution in [2.24, 2.45) is 22.2 Å². The molecule has 0 radical (unpaired) electrons. The molecule has 0 amide bonds. The van der Waals surface area contributed by atoms with E-state index in [9.17, 15) is 104 Å². The van der Waals surface area contributed by atoms with Crippen molar-refractivity contribution in [2.45, 2.75) is 57.4 Å². The van der Waals surface area contributed by atoms with Crippen LogP contribution in [-0.2, 0) is 91.3 Å². The molecule has 16 rings (SSSR count). The van der Waals surface area contributed by atoms with Crippen LogP contribution in [0.1, 0.15) is 68.5 Å². The minimum absolute atomic E-state index is 0.00929. The number of carbonyl (C=O) groups is 11. The quantitative estimate of drug-likeness (QED) is 0.0154. The Morgan fingerprint density at radius 3 is 0.622 bits per heavy atom. The van der Waals surface area contributed by atoms with Crippen molar-refractivity contribution >= 4 is 71.6 Å². The van der Waals surface area contributed by atoms with Gasteiger partial charge in [-0.3, -0.25) is 9.79 Å². The molecule has 11 aliphatic carbocycles. The number of hydrogen-bond acceptors (Lipinski definition) is 23. The van der Waals surface area contributed by atoms with Crippen molar-refractivity contribution in [1.29, 1.82) is 0 Å². The zero-order valence-electron chi connectivity index (χ0n) is 51.5. The number of rotatable bonds is 35. The number of benzene rings is 5. The SMILES string of the molecule is NC(N)=NCCCC(N)C(=O)O.O=C(O)COc1cc2c(OCC(=O)O)cc1CCc1cc(OCC(=O)O)c(cc1OCC(=O)O)Cc1cc(OCC(=O)O)c(cc1OCC(=O)O)Cc1cc(OCC(=O)O)c(cc1OCC(=O)O)Cc1cc(OCC(=O)O)c(cc1OCC(=O)O)C2. The van der Waals surface area contributed by atoms with Gasteiger partial charge in [0.05, 0.1) is 0 Å². The first-order valence-electron chi connectivity index (χ1n) is 28.6. The minimum Gasteiger partial charge on any atom is -0.482 e. The molecular weight excluding hydrogens is 1310 g/mol. The molecule has 0 aliphatic heterocycles. The van der Waals surface area contributed by atoms with Gasteiger partial charge in [0.25, 0.3) is 0 Å². The third-order valence-corrected chi connectivity index (χ3v) is 13.2. The highest BCUT2D eigenvalue weighted by Crippen LogP contribution is 2.43. The van der Waals surface area contributed by atoms with E-state index in [1.54, 1.807) is 0 Å². The molecular formula is C62H66N4O32. The van der Waals surface area contributed by atoms with Crippen molar-refractivity contribution in [2.75, 3.05) is 72.6 Å². The zero-order chi connectivity index (χ0) is 72.3. The van der Waals surface area contributed by atoms with Crippen LogP contribution in [0, 0.1) is 0 Å². The van der Waals surface area contributed by atoms with Crippen molar-refractivity contribution in [3.8, 4) is 57.5 Å². The van der Waals surface area contributed by atoms with Crippen molar-refractivity contribution < 1.29 is 156 Å². The first-order valence-corrected chi connectivity index (χ1v) is 28.6. The van der Waals surface area contributed by atoms with Gasteiger partial charge in [-0.25, -0.2) is 47.9 Å². The van der Waals surface area contributed by atoms with Gasteiger partial charge in [0.2, 0.25) is 0 Å². The maximum atomic E-state index is 12.1. The Morgan fingerprint density at radius 1 is 0.306 bits per heavy atom. The van der Waals surface area contributed by atoms with Crippen LogP contribution < -0.4 is 64.6 Å². The number of hydrogen-bond donors (Lipinski definition) is 14. The van der Waals surface area contributed by atoms with Gasteiger partial charge in [0, 0.05) is 76.7 Å². The normalized spacial score (nSPS) is 11.7. The molecule has 0 saturated carbocycles. The fourth-order valence-corrected chi connectivity index (χ4v) is 9.19. The number of carboxylic acid groups (broad SMARTS) is 11. The number of aryl methyl sites for hydroxylation is 2. The third kappa shape index (κ3) is 25.4. The van der Waals surface area contributed by atoms with Crippen molar-refractivity contribution in [1.82, 2.24) is 0 Å². The summed E-state index contributed by atoms with van der Waals surface area (Å²) in [7, 11) is 0. The second-order valence-electron chi connectivity index (χ2n) is 20.8. The van der Waals surface area contributed by atoms with E-state index in [0.29, 0.717) is 19.4 Å². The molecule has 1 atom stereocenters. The standard InChI is InChI=1S/C56H52O30.C6H14N4O2/c57-47(58)17-77-37-9-29-3-31-11-43(83-23-53(69)70)33(13-41(31)81-21-51(65)66)5-35-15-46(86-26-56(75)76)36(16-45(35)85-25-55(73)74)6-34-14-42(82-22-52(67)68)32(12-44(34)84-24-54(71)72)4-30-10-38(78-18-48(59)60)28(8-40(30)80-20-50(63)64)2-1-27(37)7-39(29)79-19-49(61)62;7-4(5(11)12)2-1-3-10-6(8)9/h7-16H,1-6,17-26H2,(H,57,58)(H,59,60)(H,61,62)(H,63,64)(H,65,66)(H,67,68)(H,69,70)(H,71,72)(H,73,74)(H,75,76);4H,1-3,7H2,(H,11,12)(H4,8,9,10). The summed E-state index contributed by atoms with van der Waals surface area (Å²) in [5, 5.41) is 106. The van der Waals surface area contributed by atoms with Crippen LogP contribution in [0.4, 0.5) is 0 Å². The summed E-state index contributed by atoms with van der Waals surface area (Å²) in [5.74, 6) is -18.2. The van der Waals surface area contributed by atoms with Crippen LogP contribution in [-0.4, -0.2) is 206 Å². The maximum Gasteiger partial charge on any atom is 0.341 e. The molecule has 10 bridgehead atoms. The number of ether oxygens (including phenoxy) is 10. The number of aliphatic carboxylic acids is 11. The van der Waals surface area contributed by atoms with E-state index in [0.717, 1.165) is 0 Å². The van der Waals surface area contributed by atoms with Gasteiger partial charge in [-0.15, -0.1) is 0 Å². The molecule has 17 N–H and O–H groups in total. The molecule has 0 spiro atoms. The lowest BCUT2D eigenvalue weighted by molar-refractivity contribution is -0.140. The molecule has 5 aromatic rings. The Balaban J connectivity index is 0.00000131. The first-order chi connectivity index (χ1) is 46.3. The van der Waals surface area contributed by atoms with E-state index in [4.69, 9.17) is 69.7 Å². The summed E-state index contributed by atoms with van der Waals surface area (Å²) in [6.07, 6.45) is -1.28. The van der Waals surface area contributed by atoms with Crippen molar-refractivity contribution in [3.05, 3.63) is 116 Å². The van der Waals surface area contributed by atoms with Gasteiger partial charge in [-0.05, 0) is 97.5 Å². The summed E-state index contributed by atoms with van der Waals surface area (Å²) in [6.45, 7) is -9.65. The fourth-order valence-electron chi connectivity index (χ4n) is 9.19. The highest BCUT2D eigenvalue weighted by Gasteiger charge is 2.27. The molecule has 5 aromatic carbocycles. The average Bonchev–Trinajstić information content (AvgIpc) is 0.793. The minimum atomic E-state index is -1.50. The van der Waals surface area contributed by atoms with Gasteiger partial charge in [-0.1, -0.05) is 0 Å². The summed E-state index contributed by atoms with van der Waals surface area (Å²) in [6, 6.07) is 11.5. The van der Waals surface area contributed by atoms with E-state index in [-0.39, 0.29) is 132 Å². The number of nitrogens with two attached hydrogens (primary N) is 3. The number of nitrogens with zero attached hydrogens (tertiary/aromatic N) is 1. The molecule has 1 unspecified atom stereocenters. The van der Waals surface area contributed by atoms with Crippen LogP contribution >= 0.6 is 0 Å². The molecule has 0 heterocycles. The second-order valence-corrected chi connectivity index (χ2v) is 20.8. The predicted molar refractivity (Wildman–Crippen MR) is 328 cm³/mol. The molecule has 98 heavy (non-hydrogen) atoms. The molecule has 0 fully saturated rings. The largest absolute Gasteiger partial charge is 0.482 e. The zero-order valence-corrected chi connectivity index (χ0v) is 51.5. The summed E-state index contributed by atoms with van der Waals surface area (Å²) in [4.78, 5) is 134. The van der Waals surface area contributed by atoms with E-state index < -0.39 is 163 Å². The Bertz CT molecular complexity index is 3620. The second kappa shape index (κ2) is 36.8. The Labute approximate surface area is 552 Å². The molecule has 526 valence electrons. The smallest absolute Gasteiger partial charge is 0.341 e. The van der Waals surface area contributed by atoms with Crippen LogP contribution in [0.5, 0.6) is 57.5 Å². The van der Waals surface area contributed by atoms with Gasteiger partial charge in [0.1, 0.15) is 63.5 Å². The summed E-state index contributed by atoms with van der Waals surface area (Å²) >= 11 is 0. The van der Waals surface area contributed by atoms with E-state index in [1.807, 2.05) is 0 Å².